The Balaban J connectivity index is 2.08. The average molecular weight is 379 g/mol. The maximum Gasteiger partial charge on any atom is 0.313 e. The van der Waals surface area contributed by atoms with Gasteiger partial charge in [-0.05, 0) is 26.0 Å². The Morgan fingerprint density at radius 1 is 1.31 bits per heavy atom. The van der Waals surface area contributed by atoms with Crippen molar-refractivity contribution in [2.45, 2.75) is 25.4 Å². The Labute approximate surface area is 151 Å². The number of aliphatic carboxylic acids is 1. The van der Waals surface area contributed by atoms with E-state index >= 15 is 0 Å². The molecule has 0 bridgehead atoms. The molecule has 0 aliphatic carbocycles. The molecular formula is C16H15F2N5O2S. The van der Waals surface area contributed by atoms with E-state index in [-0.39, 0.29) is 16.6 Å². The van der Waals surface area contributed by atoms with Crippen molar-refractivity contribution in [2.24, 2.45) is 0 Å². The van der Waals surface area contributed by atoms with E-state index in [2.05, 4.69) is 20.4 Å². The van der Waals surface area contributed by atoms with Crippen LogP contribution in [0, 0.1) is 25.5 Å². The van der Waals surface area contributed by atoms with Gasteiger partial charge in [-0.15, -0.1) is 10.2 Å². The number of aromatic amines is 1. The lowest BCUT2D eigenvalue weighted by atomic mass is 10.1. The zero-order valence-electron chi connectivity index (χ0n) is 14.0. The minimum atomic E-state index is -1.03. The molecule has 0 radical (unpaired) electrons. The van der Waals surface area contributed by atoms with Crippen LogP contribution in [0.4, 0.5) is 8.78 Å². The van der Waals surface area contributed by atoms with Gasteiger partial charge in [0.05, 0.1) is 17.1 Å². The molecule has 26 heavy (non-hydrogen) atoms. The van der Waals surface area contributed by atoms with Gasteiger partial charge in [0, 0.05) is 23.7 Å². The third-order valence-electron chi connectivity index (χ3n) is 3.79. The van der Waals surface area contributed by atoms with E-state index in [4.69, 9.17) is 5.11 Å². The molecule has 3 rings (SSSR count). The molecule has 0 amide bonds. The lowest BCUT2D eigenvalue weighted by Gasteiger charge is -2.11. The Hall–Kier alpha value is -2.75. The van der Waals surface area contributed by atoms with Crippen LogP contribution in [0.1, 0.15) is 22.8 Å². The summed E-state index contributed by atoms with van der Waals surface area (Å²) in [5.74, 6) is -2.39. The predicted octanol–water partition coefficient (Wildman–Crippen LogP) is 2.65. The first-order valence-corrected chi connectivity index (χ1v) is 8.60. The van der Waals surface area contributed by atoms with E-state index in [1.165, 1.54) is 10.6 Å². The van der Waals surface area contributed by atoms with Crippen LogP contribution in [-0.4, -0.2) is 41.8 Å². The first-order chi connectivity index (χ1) is 12.4. The van der Waals surface area contributed by atoms with Gasteiger partial charge in [-0.1, -0.05) is 11.8 Å². The largest absolute Gasteiger partial charge is 0.481 e. The van der Waals surface area contributed by atoms with Crippen LogP contribution in [0.2, 0.25) is 0 Å². The highest BCUT2D eigenvalue weighted by atomic mass is 32.2. The standard InChI is InChI=1S/C16H15F2N5O2S/c1-8-11(9(2)20-19-8)6-14-21-22-16(26-7-15(24)25)23(14)13-4-3-10(17)5-12(13)18/h3-5H,6-7H2,1-2H3,(H,19,20)(H,24,25). The molecule has 0 spiro atoms. The van der Waals surface area contributed by atoms with Crippen molar-refractivity contribution in [3.63, 3.8) is 0 Å². The van der Waals surface area contributed by atoms with Crippen LogP contribution in [0.5, 0.6) is 0 Å². The molecule has 136 valence electrons. The van der Waals surface area contributed by atoms with Crippen molar-refractivity contribution >= 4 is 17.7 Å². The van der Waals surface area contributed by atoms with Gasteiger partial charge < -0.3 is 5.11 Å². The van der Waals surface area contributed by atoms with Gasteiger partial charge in [-0.3, -0.25) is 14.5 Å². The highest BCUT2D eigenvalue weighted by Crippen LogP contribution is 2.26. The van der Waals surface area contributed by atoms with Gasteiger partial charge >= 0.3 is 5.97 Å². The highest BCUT2D eigenvalue weighted by Gasteiger charge is 2.20. The summed E-state index contributed by atoms with van der Waals surface area (Å²) < 4.78 is 29.0. The number of thioether (sulfide) groups is 1. The minimum absolute atomic E-state index is 0.0538. The van der Waals surface area contributed by atoms with Crippen molar-refractivity contribution in [3.8, 4) is 5.69 Å². The monoisotopic (exact) mass is 379 g/mol. The average Bonchev–Trinajstić information content (AvgIpc) is 3.11. The third kappa shape index (κ3) is 3.59. The van der Waals surface area contributed by atoms with E-state index in [1.807, 2.05) is 13.8 Å². The van der Waals surface area contributed by atoms with E-state index < -0.39 is 17.6 Å². The van der Waals surface area contributed by atoms with Crippen LogP contribution in [0.3, 0.4) is 0 Å². The van der Waals surface area contributed by atoms with Crippen molar-refractivity contribution in [3.05, 3.63) is 52.6 Å². The van der Waals surface area contributed by atoms with Crippen molar-refractivity contribution in [2.75, 3.05) is 5.75 Å². The number of rotatable bonds is 6. The van der Waals surface area contributed by atoms with E-state index in [9.17, 15) is 13.6 Å². The fourth-order valence-electron chi connectivity index (χ4n) is 2.53. The number of carboxylic acid groups (broad SMARTS) is 1. The lowest BCUT2D eigenvalue weighted by molar-refractivity contribution is -0.133. The Kier molecular flexibility index (Phi) is 5.03. The Morgan fingerprint density at radius 2 is 2.08 bits per heavy atom. The van der Waals surface area contributed by atoms with Crippen LogP contribution < -0.4 is 0 Å². The second-order valence-corrected chi connectivity index (χ2v) is 6.54. The third-order valence-corrected chi connectivity index (χ3v) is 4.71. The number of H-pyrrole nitrogens is 1. The molecule has 1 aromatic carbocycles. The highest BCUT2D eigenvalue weighted by molar-refractivity contribution is 7.99. The van der Waals surface area contributed by atoms with Crippen LogP contribution >= 0.6 is 11.8 Å². The van der Waals surface area contributed by atoms with Gasteiger partial charge in [0.2, 0.25) is 0 Å². The number of aromatic nitrogens is 5. The SMILES string of the molecule is Cc1n[nH]c(C)c1Cc1nnc(SCC(=O)O)n1-c1ccc(F)cc1F. The summed E-state index contributed by atoms with van der Waals surface area (Å²) in [5, 5.41) is 24.2. The van der Waals surface area contributed by atoms with Gasteiger partial charge in [0.15, 0.2) is 5.16 Å². The topological polar surface area (TPSA) is 96.7 Å². The second-order valence-electron chi connectivity index (χ2n) is 5.60. The smallest absolute Gasteiger partial charge is 0.313 e. The molecule has 3 aromatic rings. The quantitative estimate of drug-likeness (QED) is 0.639. The summed E-state index contributed by atoms with van der Waals surface area (Å²) in [6.07, 6.45) is 0.311. The normalized spacial score (nSPS) is 11.1. The summed E-state index contributed by atoms with van der Waals surface area (Å²) in [5.41, 5.74) is 2.56. The van der Waals surface area contributed by atoms with E-state index in [0.29, 0.717) is 12.2 Å². The number of carboxylic acids is 1. The number of benzene rings is 1. The van der Waals surface area contributed by atoms with Crippen LogP contribution in [-0.2, 0) is 11.2 Å². The molecule has 0 fully saturated rings. The van der Waals surface area contributed by atoms with Crippen LogP contribution in [0.25, 0.3) is 5.69 Å². The molecule has 0 saturated carbocycles. The maximum absolute atomic E-state index is 14.3. The zero-order chi connectivity index (χ0) is 18.8. The van der Waals surface area contributed by atoms with Gasteiger partial charge in [0.25, 0.3) is 0 Å². The number of hydrogen-bond acceptors (Lipinski definition) is 5. The molecule has 2 heterocycles. The molecule has 0 atom stereocenters. The predicted molar refractivity (Wildman–Crippen MR) is 90.5 cm³/mol. The molecule has 2 N–H and O–H groups in total. The number of halogens is 2. The Bertz CT molecular complexity index is 950. The molecule has 2 aromatic heterocycles. The fraction of sp³-hybridized carbons (Fsp3) is 0.250. The molecule has 0 aliphatic rings. The maximum atomic E-state index is 14.3. The van der Waals surface area contributed by atoms with Crippen molar-refractivity contribution in [1.82, 2.24) is 25.0 Å². The molecule has 7 nitrogen and oxygen atoms in total. The summed E-state index contributed by atoms with van der Waals surface area (Å²) in [4.78, 5) is 10.9. The molecular weight excluding hydrogens is 364 g/mol. The number of hydrogen-bond donors (Lipinski definition) is 2. The van der Waals surface area contributed by atoms with Gasteiger partial charge in [-0.2, -0.15) is 5.10 Å². The Morgan fingerprint density at radius 3 is 2.69 bits per heavy atom. The van der Waals surface area contributed by atoms with Crippen LogP contribution in [0.15, 0.2) is 23.4 Å². The van der Waals surface area contributed by atoms with Crippen molar-refractivity contribution < 1.29 is 18.7 Å². The minimum Gasteiger partial charge on any atom is -0.481 e. The molecule has 0 unspecified atom stereocenters. The second kappa shape index (κ2) is 7.24. The molecule has 0 saturated heterocycles. The summed E-state index contributed by atoms with van der Waals surface area (Å²) in [7, 11) is 0. The first-order valence-electron chi connectivity index (χ1n) is 7.61. The zero-order valence-corrected chi connectivity index (χ0v) is 14.8. The fourth-order valence-corrected chi connectivity index (χ4v) is 3.22. The van der Waals surface area contributed by atoms with E-state index in [1.54, 1.807) is 0 Å². The number of nitrogens with zero attached hydrogens (tertiary/aromatic N) is 4. The lowest BCUT2D eigenvalue weighted by Crippen LogP contribution is -2.08. The van der Waals surface area contributed by atoms with Gasteiger partial charge in [0.1, 0.15) is 17.5 Å². The summed E-state index contributed by atoms with van der Waals surface area (Å²) in [6.45, 7) is 3.69. The number of carbonyl (C=O) groups is 1. The van der Waals surface area contributed by atoms with E-state index in [0.717, 1.165) is 40.8 Å². The van der Waals surface area contributed by atoms with Gasteiger partial charge in [-0.25, -0.2) is 8.78 Å². The summed E-state index contributed by atoms with van der Waals surface area (Å²) >= 11 is 0.911. The number of nitrogens with one attached hydrogen (secondary N) is 1. The first kappa shape index (κ1) is 18.1. The van der Waals surface area contributed by atoms with Crippen molar-refractivity contribution in [1.29, 1.82) is 0 Å². The summed E-state index contributed by atoms with van der Waals surface area (Å²) in [6, 6.07) is 3.17. The number of aryl methyl sites for hydroxylation is 2. The molecule has 0 aliphatic heterocycles. The molecule has 10 heteroatoms.